The molecule has 0 saturated carbocycles. The van der Waals surface area contributed by atoms with Gasteiger partial charge in [0, 0.05) is 13.2 Å². The van der Waals surface area contributed by atoms with Crippen LogP contribution in [0.25, 0.3) is 0 Å². The molecule has 0 bridgehead atoms. The van der Waals surface area contributed by atoms with Crippen LogP contribution in [0.2, 0.25) is 0 Å². The fourth-order valence-electron chi connectivity index (χ4n) is 3.14. The van der Waals surface area contributed by atoms with Crippen molar-refractivity contribution in [2.24, 2.45) is 23.5 Å². The minimum Gasteiger partial charge on any atom is -0.381 e. The number of hydrogen-bond acceptors (Lipinski definition) is 3. The summed E-state index contributed by atoms with van der Waals surface area (Å²) < 4.78 is 5.81. The van der Waals surface area contributed by atoms with Crippen LogP contribution in [0.4, 0.5) is 0 Å². The number of rotatable bonds is 16. The molecule has 0 aliphatic carbocycles. The van der Waals surface area contributed by atoms with E-state index in [1.165, 1.54) is 32.1 Å². The van der Waals surface area contributed by atoms with E-state index in [2.05, 4.69) is 33.0 Å². The molecule has 3 N–H and O–H groups in total. The first-order valence-corrected chi connectivity index (χ1v) is 9.58. The van der Waals surface area contributed by atoms with E-state index in [9.17, 15) is 0 Å². The quantitative estimate of drug-likeness (QED) is 0.420. The highest BCUT2D eigenvalue weighted by atomic mass is 16.5. The van der Waals surface area contributed by atoms with Crippen molar-refractivity contribution in [3.63, 3.8) is 0 Å². The molecule has 0 aliphatic rings. The molecule has 0 aliphatic heterocycles. The van der Waals surface area contributed by atoms with E-state index in [1.807, 2.05) is 0 Å². The minimum atomic E-state index is 0.679. The highest BCUT2D eigenvalue weighted by Crippen LogP contribution is 2.23. The predicted octanol–water partition coefficient (Wildman–Crippen LogP) is 4.21. The molecule has 0 saturated heterocycles. The Kier molecular flexibility index (Phi) is 15.7. The normalized spacial score (nSPS) is 15.7. The zero-order valence-electron chi connectivity index (χ0n) is 15.7. The molecule has 3 heteroatoms. The van der Waals surface area contributed by atoms with E-state index in [0.29, 0.717) is 5.92 Å². The number of unbranched alkanes of at least 4 members (excludes halogenated alkanes) is 1. The SMILES string of the molecule is CCCCC(C)CC(C)CC(C)COCCCNCCCN. The van der Waals surface area contributed by atoms with Crippen molar-refractivity contribution in [1.82, 2.24) is 5.32 Å². The largest absolute Gasteiger partial charge is 0.381 e. The zero-order valence-corrected chi connectivity index (χ0v) is 15.7. The van der Waals surface area contributed by atoms with Crippen LogP contribution in [0.5, 0.6) is 0 Å². The van der Waals surface area contributed by atoms with Crippen molar-refractivity contribution in [2.45, 2.75) is 72.6 Å². The molecule has 3 nitrogen and oxygen atoms in total. The molecule has 0 aromatic heterocycles. The lowest BCUT2D eigenvalue weighted by atomic mass is 9.88. The lowest BCUT2D eigenvalue weighted by Crippen LogP contribution is -2.21. The number of nitrogens with two attached hydrogens (primary N) is 1. The molecular formula is C19H42N2O. The van der Waals surface area contributed by atoms with Crippen LogP contribution >= 0.6 is 0 Å². The van der Waals surface area contributed by atoms with Gasteiger partial charge in [-0.1, -0.05) is 47.0 Å². The second kappa shape index (κ2) is 15.8. The monoisotopic (exact) mass is 314 g/mol. The molecule has 0 rings (SSSR count). The van der Waals surface area contributed by atoms with Crippen LogP contribution in [0.3, 0.4) is 0 Å². The van der Waals surface area contributed by atoms with E-state index in [4.69, 9.17) is 10.5 Å². The Bertz CT molecular complexity index is 223. The van der Waals surface area contributed by atoms with Crippen molar-refractivity contribution in [3.8, 4) is 0 Å². The van der Waals surface area contributed by atoms with Gasteiger partial charge in [0.25, 0.3) is 0 Å². The third kappa shape index (κ3) is 14.8. The van der Waals surface area contributed by atoms with Gasteiger partial charge in [0.2, 0.25) is 0 Å². The Hall–Kier alpha value is -0.120. The van der Waals surface area contributed by atoms with Crippen molar-refractivity contribution < 1.29 is 4.74 Å². The average molecular weight is 315 g/mol. The Morgan fingerprint density at radius 3 is 2.27 bits per heavy atom. The Labute approximate surface area is 139 Å². The van der Waals surface area contributed by atoms with Gasteiger partial charge in [-0.25, -0.2) is 0 Å². The first-order valence-electron chi connectivity index (χ1n) is 9.58. The Morgan fingerprint density at radius 1 is 0.909 bits per heavy atom. The van der Waals surface area contributed by atoms with Gasteiger partial charge < -0.3 is 15.8 Å². The topological polar surface area (TPSA) is 47.3 Å². The van der Waals surface area contributed by atoms with Crippen LogP contribution < -0.4 is 11.1 Å². The number of nitrogens with one attached hydrogen (secondary N) is 1. The third-order valence-corrected chi connectivity index (χ3v) is 4.26. The van der Waals surface area contributed by atoms with E-state index in [1.54, 1.807) is 0 Å². The van der Waals surface area contributed by atoms with Gasteiger partial charge in [0.1, 0.15) is 0 Å². The number of ether oxygens (including phenoxy) is 1. The average Bonchev–Trinajstić information content (AvgIpc) is 2.47. The highest BCUT2D eigenvalue weighted by Gasteiger charge is 2.12. The van der Waals surface area contributed by atoms with E-state index in [-0.39, 0.29) is 0 Å². The molecule has 22 heavy (non-hydrogen) atoms. The molecule has 0 heterocycles. The van der Waals surface area contributed by atoms with Crippen molar-refractivity contribution in [1.29, 1.82) is 0 Å². The van der Waals surface area contributed by atoms with E-state index >= 15 is 0 Å². The minimum absolute atomic E-state index is 0.679. The van der Waals surface area contributed by atoms with Crippen molar-refractivity contribution in [2.75, 3.05) is 32.8 Å². The maximum Gasteiger partial charge on any atom is 0.0491 e. The summed E-state index contributed by atoms with van der Waals surface area (Å²) in [5, 5.41) is 3.38. The second-order valence-corrected chi connectivity index (χ2v) is 7.25. The highest BCUT2D eigenvalue weighted by molar-refractivity contribution is 4.63. The van der Waals surface area contributed by atoms with Gasteiger partial charge in [-0.3, -0.25) is 0 Å². The molecule has 3 atom stereocenters. The molecule has 0 radical (unpaired) electrons. The van der Waals surface area contributed by atoms with Gasteiger partial charge in [-0.05, 0) is 63.1 Å². The van der Waals surface area contributed by atoms with Crippen LogP contribution in [-0.4, -0.2) is 32.8 Å². The maximum absolute atomic E-state index is 5.81. The zero-order chi connectivity index (χ0) is 16.6. The molecule has 0 aromatic carbocycles. The standard InChI is InChI=1S/C19H42N2O/c1-5-6-9-17(2)14-18(3)15-19(4)16-22-13-8-12-21-11-7-10-20/h17-19,21H,5-16,20H2,1-4H3. The molecule has 0 aromatic rings. The second-order valence-electron chi connectivity index (χ2n) is 7.25. The summed E-state index contributed by atoms with van der Waals surface area (Å²) in [6.45, 7) is 14.1. The van der Waals surface area contributed by atoms with Gasteiger partial charge in [0.15, 0.2) is 0 Å². The van der Waals surface area contributed by atoms with Crippen molar-refractivity contribution in [3.05, 3.63) is 0 Å². The first-order chi connectivity index (χ1) is 10.6. The molecule has 0 amide bonds. The predicted molar refractivity (Wildman–Crippen MR) is 98.2 cm³/mol. The lowest BCUT2D eigenvalue weighted by molar-refractivity contribution is 0.0934. The smallest absolute Gasteiger partial charge is 0.0491 e. The van der Waals surface area contributed by atoms with Crippen LogP contribution in [0.1, 0.15) is 72.6 Å². The molecule has 0 fully saturated rings. The van der Waals surface area contributed by atoms with Gasteiger partial charge in [-0.2, -0.15) is 0 Å². The van der Waals surface area contributed by atoms with Crippen molar-refractivity contribution >= 4 is 0 Å². The van der Waals surface area contributed by atoms with Gasteiger partial charge in [-0.15, -0.1) is 0 Å². The van der Waals surface area contributed by atoms with Gasteiger partial charge in [0.05, 0.1) is 0 Å². The van der Waals surface area contributed by atoms with Crippen LogP contribution in [0.15, 0.2) is 0 Å². The molecule has 134 valence electrons. The number of hydrogen-bond donors (Lipinski definition) is 2. The summed E-state index contributed by atoms with van der Waals surface area (Å²) in [4.78, 5) is 0. The van der Waals surface area contributed by atoms with Gasteiger partial charge >= 0.3 is 0 Å². The summed E-state index contributed by atoms with van der Waals surface area (Å²) in [5.74, 6) is 2.38. The van der Waals surface area contributed by atoms with E-state index in [0.717, 1.165) is 57.5 Å². The summed E-state index contributed by atoms with van der Waals surface area (Å²) in [7, 11) is 0. The summed E-state index contributed by atoms with van der Waals surface area (Å²) >= 11 is 0. The fourth-order valence-corrected chi connectivity index (χ4v) is 3.14. The molecule has 3 unspecified atom stereocenters. The Morgan fingerprint density at radius 2 is 1.59 bits per heavy atom. The summed E-state index contributed by atoms with van der Waals surface area (Å²) in [5.41, 5.74) is 5.45. The molecule has 0 spiro atoms. The maximum atomic E-state index is 5.81. The van der Waals surface area contributed by atoms with Crippen LogP contribution in [0, 0.1) is 17.8 Å². The fraction of sp³-hybridized carbons (Fsp3) is 1.00. The Balaban J connectivity index is 3.45. The summed E-state index contributed by atoms with van der Waals surface area (Å²) in [6.07, 6.45) is 8.92. The first kappa shape index (κ1) is 21.9. The van der Waals surface area contributed by atoms with Crippen LogP contribution in [-0.2, 0) is 4.74 Å². The van der Waals surface area contributed by atoms with E-state index < -0.39 is 0 Å². The third-order valence-electron chi connectivity index (χ3n) is 4.26. The summed E-state index contributed by atoms with van der Waals surface area (Å²) in [6, 6.07) is 0. The molecular weight excluding hydrogens is 272 g/mol. The lowest BCUT2D eigenvalue weighted by Gasteiger charge is -2.20.